The normalized spacial score (nSPS) is 55.4. The molecule has 1 aliphatic heterocycles. The first kappa shape index (κ1) is 15.9. The molecule has 23 heavy (non-hydrogen) atoms. The van der Waals surface area contributed by atoms with Crippen LogP contribution in [0.4, 0.5) is 4.39 Å². The molecule has 3 aliphatic carbocycles. The fourth-order valence-electron chi connectivity index (χ4n) is 6.85. The van der Waals surface area contributed by atoms with E-state index < -0.39 is 11.1 Å². The van der Waals surface area contributed by atoms with Gasteiger partial charge in [-0.3, -0.25) is 0 Å². The average Bonchev–Trinajstić information content (AvgIpc) is 3.12. The van der Waals surface area contributed by atoms with E-state index >= 15 is 4.39 Å². The van der Waals surface area contributed by atoms with Crippen LogP contribution in [0.3, 0.4) is 0 Å². The van der Waals surface area contributed by atoms with Crippen LogP contribution in [0.15, 0.2) is 24.3 Å². The van der Waals surface area contributed by atoms with Crippen molar-refractivity contribution in [2.24, 2.45) is 22.7 Å². The molecule has 1 nitrogen and oxygen atoms in total. The van der Waals surface area contributed by atoms with Crippen molar-refractivity contribution in [3.8, 4) is 0 Å². The summed E-state index contributed by atoms with van der Waals surface area (Å²) in [6, 6.07) is 0. The molecule has 1 spiro atoms. The van der Waals surface area contributed by atoms with Crippen LogP contribution in [0.25, 0.3) is 0 Å². The summed E-state index contributed by atoms with van der Waals surface area (Å²) in [6.07, 6.45) is 11.3. The lowest BCUT2D eigenvalue weighted by Crippen LogP contribution is -2.60. The van der Waals surface area contributed by atoms with Crippen molar-refractivity contribution in [2.75, 3.05) is 6.61 Å². The first-order valence-electron chi connectivity index (χ1n) is 9.47. The molecule has 6 atom stereocenters. The molecule has 4 rings (SSSR count). The Kier molecular flexibility index (Phi) is 3.25. The Morgan fingerprint density at radius 2 is 2.00 bits per heavy atom. The third-order valence-electron chi connectivity index (χ3n) is 8.67. The van der Waals surface area contributed by atoms with E-state index in [-0.39, 0.29) is 16.9 Å². The monoisotopic (exact) mass is 318 g/mol. The van der Waals surface area contributed by atoms with Crippen LogP contribution >= 0.6 is 0 Å². The number of halogens is 1. The van der Waals surface area contributed by atoms with Crippen molar-refractivity contribution >= 4 is 0 Å². The topological polar surface area (TPSA) is 9.23 Å². The Hall–Kier alpha value is -0.630. The van der Waals surface area contributed by atoms with Gasteiger partial charge in [-0.25, -0.2) is 4.39 Å². The number of hydrogen-bond acceptors (Lipinski definition) is 1. The van der Waals surface area contributed by atoms with Crippen LogP contribution in [-0.2, 0) is 4.74 Å². The zero-order valence-electron chi connectivity index (χ0n) is 15.0. The van der Waals surface area contributed by atoms with Crippen molar-refractivity contribution in [1.82, 2.24) is 0 Å². The highest BCUT2D eigenvalue weighted by Crippen LogP contribution is 2.70. The van der Waals surface area contributed by atoms with E-state index in [1.807, 2.05) is 6.08 Å². The van der Waals surface area contributed by atoms with Gasteiger partial charge in [-0.05, 0) is 70.1 Å². The molecule has 0 aromatic carbocycles. The third-order valence-corrected chi connectivity index (χ3v) is 8.67. The number of hydrogen-bond donors (Lipinski definition) is 0. The van der Waals surface area contributed by atoms with Crippen LogP contribution < -0.4 is 0 Å². The summed E-state index contributed by atoms with van der Waals surface area (Å²) in [5, 5.41) is 0. The van der Waals surface area contributed by atoms with Gasteiger partial charge in [-0.2, -0.15) is 0 Å². The van der Waals surface area contributed by atoms with Crippen molar-refractivity contribution in [3.05, 3.63) is 24.3 Å². The Bertz CT molecular complexity index is 560. The Morgan fingerprint density at radius 1 is 1.22 bits per heavy atom. The van der Waals surface area contributed by atoms with Crippen LogP contribution in [0.2, 0.25) is 0 Å². The average molecular weight is 318 g/mol. The molecule has 1 saturated heterocycles. The predicted molar refractivity (Wildman–Crippen MR) is 92.0 cm³/mol. The zero-order valence-corrected chi connectivity index (χ0v) is 15.0. The maximum Gasteiger partial charge on any atom is 0.126 e. The molecule has 0 aromatic heterocycles. The number of ether oxygens (including phenoxy) is 1. The molecule has 128 valence electrons. The fourth-order valence-corrected chi connectivity index (χ4v) is 6.85. The number of fused-ring (bicyclic) bond motifs is 4. The van der Waals surface area contributed by atoms with Gasteiger partial charge in [0.1, 0.15) is 5.67 Å². The van der Waals surface area contributed by atoms with E-state index in [1.165, 1.54) is 18.4 Å². The Morgan fingerprint density at radius 3 is 2.65 bits per heavy atom. The summed E-state index contributed by atoms with van der Waals surface area (Å²) >= 11 is 0. The highest BCUT2D eigenvalue weighted by Gasteiger charge is 2.69. The van der Waals surface area contributed by atoms with Crippen molar-refractivity contribution < 1.29 is 9.13 Å². The van der Waals surface area contributed by atoms with E-state index in [9.17, 15) is 0 Å². The molecule has 0 aromatic rings. The van der Waals surface area contributed by atoms with Crippen molar-refractivity contribution in [1.29, 1.82) is 0 Å². The lowest BCUT2D eigenvalue weighted by atomic mass is 9.47. The quantitative estimate of drug-likeness (QED) is 0.571. The summed E-state index contributed by atoms with van der Waals surface area (Å²) in [7, 11) is 0. The largest absolute Gasteiger partial charge is 0.374 e. The third kappa shape index (κ3) is 1.67. The number of rotatable bonds is 1. The minimum atomic E-state index is -1.14. The van der Waals surface area contributed by atoms with Crippen molar-refractivity contribution in [3.63, 3.8) is 0 Å². The second kappa shape index (κ2) is 4.71. The van der Waals surface area contributed by atoms with E-state index in [1.54, 1.807) is 0 Å². The van der Waals surface area contributed by atoms with E-state index in [0.29, 0.717) is 12.3 Å². The van der Waals surface area contributed by atoms with Gasteiger partial charge in [-0.1, -0.05) is 24.6 Å². The molecule has 2 heteroatoms. The molecule has 3 unspecified atom stereocenters. The molecule has 4 aliphatic rings. The molecule has 1 heterocycles. The summed E-state index contributed by atoms with van der Waals surface area (Å²) in [5.74, 6) is 0.569. The minimum Gasteiger partial charge on any atom is -0.374 e. The van der Waals surface area contributed by atoms with Crippen molar-refractivity contribution in [2.45, 2.75) is 77.0 Å². The van der Waals surface area contributed by atoms with Gasteiger partial charge < -0.3 is 4.74 Å². The zero-order chi connectivity index (χ0) is 16.5. The molecule has 0 bridgehead atoms. The molecule has 3 fully saturated rings. The minimum absolute atomic E-state index is 0.0415. The molecule has 0 amide bonds. The van der Waals surface area contributed by atoms with Gasteiger partial charge in [0.2, 0.25) is 0 Å². The highest BCUT2D eigenvalue weighted by molar-refractivity contribution is 5.33. The summed E-state index contributed by atoms with van der Waals surface area (Å²) in [4.78, 5) is 0. The van der Waals surface area contributed by atoms with Gasteiger partial charge >= 0.3 is 0 Å². The number of allylic oxidation sites excluding steroid dienone is 3. The molecular formula is C21H31FO. The molecular weight excluding hydrogens is 287 g/mol. The van der Waals surface area contributed by atoms with Gasteiger partial charge in [0.05, 0.1) is 5.60 Å². The maximum atomic E-state index is 16.4. The van der Waals surface area contributed by atoms with E-state index in [4.69, 9.17) is 4.74 Å². The Balaban J connectivity index is 1.77. The first-order chi connectivity index (χ1) is 10.8. The van der Waals surface area contributed by atoms with Gasteiger partial charge in [-0.15, -0.1) is 6.58 Å². The van der Waals surface area contributed by atoms with Gasteiger partial charge in [0.25, 0.3) is 0 Å². The molecule has 0 radical (unpaired) electrons. The summed E-state index contributed by atoms with van der Waals surface area (Å²) in [6.45, 7) is 11.5. The van der Waals surface area contributed by atoms with Gasteiger partial charge in [0, 0.05) is 17.9 Å². The lowest BCUT2D eigenvalue weighted by molar-refractivity contribution is -0.162. The van der Waals surface area contributed by atoms with Crippen LogP contribution in [0.1, 0.15) is 65.7 Å². The number of alkyl halides is 1. The van der Waals surface area contributed by atoms with Crippen LogP contribution in [0, 0.1) is 22.7 Å². The SMILES string of the molecule is C=CC1(C)C(C)=CC[C@H]2[C@@H]3CCC4(CCCO4)C3(C)CC[C@@]21F. The van der Waals surface area contributed by atoms with Gasteiger partial charge in [0.15, 0.2) is 0 Å². The second-order valence-electron chi connectivity index (χ2n) is 9.01. The first-order valence-corrected chi connectivity index (χ1v) is 9.47. The van der Waals surface area contributed by atoms with E-state index in [0.717, 1.165) is 32.3 Å². The Labute approximate surface area is 140 Å². The van der Waals surface area contributed by atoms with Crippen LogP contribution in [-0.4, -0.2) is 17.9 Å². The predicted octanol–water partition coefficient (Wildman–Crippen LogP) is 5.61. The maximum absolute atomic E-state index is 16.4. The second-order valence-corrected chi connectivity index (χ2v) is 9.01. The summed E-state index contributed by atoms with van der Waals surface area (Å²) < 4.78 is 22.8. The molecule has 0 N–H and O–H groups in total. The van der Waals surface area contributed by atoms with Crippen LogP contribution in [0.5, 0.6) is 0 Å². The smallest absolute Gasteiger partial charge is 0.126 e. The van der Waals surface area contributed by atoms with E-state index in [2.05, 4.69) is 33.4 Å². The fraction of sp³-hybridized carbons (Fsp3) is 0.810. The highest BCUT2D eigenvalue weighted by atomic mass is 19.1. The lowest BCUT2D eigenvalue weighted by Gasteiger charge is -2.60. The standard InChI is InChI=1S/C21H31FO/c1-5-18(3)15(2)7-8-17-16-9-11-20(10-6-14-23-20)19(16,4)12-13-21(17,18)22/h5,7,16-17H,1,6,8-14H2,2-4H3/t16-,17-,18?,19?,20?,21+/m0/s1. The molecule has 2 saturated carbocycles. The summed E-state index contributed by atoms with van der Waals surface area (Å²) in [5.41, 5.74) is -0.282.